The van der Waals surface area contributed by atoms with Crippen LogP contribution in [0.5, 0.6) is 0 Å². The number of ketones is 1. The molecule has 0 unspecified atom stereocenters. The Morgan fingerprint density at radius 2 is 1.92 bits per heavy atom. The van der Waals surface area contributed by atoms with Crippen molar-refractivity contribution in [3.8, 4) is 0 Å². The molecule has 0 saturated heterocycles. The summed E-state index contributed by atoms with van der Waals surface area (Å²) in [6.07, 6.45) is 1.05. The zero-order valence-electron chi connectivity index (χ0n) is 7.07. The summed E-state index contributed by atoms with van der Waals surface area (Å²) >= 11 is 0. The minimum absolute atomic E-state index is 0. The third-order valence-electron chi connectivity index (χ3n) is 1.40. The average Bonchev–Trinajstić information content (AvgIpc) is 1.80. The van der Waals surface area contributed by atoms with E-state index in [2.05, 4.69) is 6.58 Å². The molecule has 1 N–H and O–H groups in total. The fourth-order valence-corrected chi connectivity index (χ4v) is 1.86. The molecular weight excluding hydrogens is 203 g/mol. The number of hydrogen-bond donors (Lipinski definition) is 1. The van der Waals surface area contributed by atoms with Crippen molar-refractivity contribution in [2.24, 2.45) is 5.41 Å². The standard InChI is InChI=1S/C7H12O4S.Na.H/c1-4-6(8)7(2,3)5-12(9,10)11;;/h4H,1,5H2,2-3H3,(H,9,10,11);;. The fourth-order valence-electron chi connectivity index (χ4n) is 0.803. The van der Waals surface area contributed by atoms with Crippen molar-refractivity contribution in [1.82, 2.24) is 0 Å². The van der Waals surface area contributed by atoms with Crippen LogP contribution in [-0.4, -0.2) is 54.1 Å². The molecule has 13 heavy (non-hydrogen) atoms. The van der Waals surface area contributed by atoms with Crippen LogP contribution in [0, 0.1) is 5.41 Å². The van der Waals surface area contributed by atoms with E-state index in [-0.39, 0.29) is 29.6 Å². The molecule has 0 aliphatic carbocycles. The van der Waals surface area contributed by atoms with Crippen LogP contribution in [0.3, 0.4) is 0 Å². The van der Waals surface area contributed by atoms with Gasteiger partial charge >= 0.3 is 29.6 Å². The van der Waals surface area contributed by atoms with Gasteiger partial charge in [-0.3, -0.25) is 9.35 Å². The van der Waals surface area contributed by atoms with Gasteiger partial charge < -0.3 is 0 Å². The Balaban J connectivity index is 0. The molecule has 0 fully saturated rings. The van der Waals surface area contributed by atoms with E-state index in [0.717, 1.165) is 6.08 Å². The number of carbonyl (C=O) groups is 1. The van der Waals surface area contributed by atoms with Gasteiger partial charge in [0.05, 0.1) is 5.75 Å². The first-order valence-electron chi connectivity index (χ1n) is 3.31. The van der Waals surface area contributed by atoms with E-state index in [1.54, 1.807) is 0 Å². The Labute approximate surface area is 100 Å². The molecule has 0 amide bonds. The molecule has 0 aliphatic rings. The summed E-state index contributed by atoms with van der Waals surface area (Å²) in [5.41, 5.74) is -1.10. The van der Waals surface area contributed by atoms with Gasteiger partial charge in [-0.25, -0.2) is 0 Å². The van der Waals surface area contributed by atoms with Crippen molar-refractivity contribution < 1.29 is 17.8 Å². The average molecular weight is 216 g/mol. The SMILES string of the molecule is C=CC(=O)C(C)(C)CS(=O)(=O)O.[NaH]. The molecule has 0 spiro atoms. The molecule has 0 bridgehead atoms. The van der Waals surface area contributed by atoms with Crippen LogP contribution in [0.2, 0.25) is 0 Å². The van der Waals surface area contributed by atoms with Crippen molar-refractivity contribution in [3.63, 3.8) is 0 Å². The van der Waals surface area contributed by atoms with Gasteiger partial charge in [-0.1, -0.05) is 20.4 Å². The second-order valence-electron chi connectivity index (χ2n) is 3.18. The minimum atomic E-state index is -4.11. The van der Waals surface area contributed by atoms with Crippen LogP contribution < -0.4 is 0 Å². The van der Waals surface area contributed by atoms with Crippen molar-refractivity contribution in [3.05, 3.63) is 12.7 Å². The van der Waals surface area contributed by atoms with Gasteiger partial charge in [-0.2, -0.15) is 8.42 Å². The predicted molar refractivity (Wildman–Crippen MR) is 52.5 cm³/mol. The maximum absolute atomic E-state index is 11.0. The van der Waals surface area contributed by atoms with Crippen molar-refractivity contribution in [1.29, 1.82) is 0 Å². The van der Waals surface area contributed by atoms with Gasteiger partial charge in [0, 0.05) is 5.41 Å². The van der Waals surface area contributed by atoms with E-state index in [1.165, 1.54) is 13.8 Å². The summed E-state index contributed by atoms with van der Waals surface area (Å²) in [4.78, 5) is 11.0. The van der Waals surface area contributed by atoms with Gasteiger partial charge in [0.15, 0.2) is 5.78 Å². The molecule has 0 radical (unpaired) electrons. The van der Waals surface area contributed by atoms with Crippen LogP contribution in [0.25, 0.3) is 0 Å². The van der Waals surface area contributed by atoms with Gasteiger partial charge in [-0.15, -0.1) is 0 Å². The number of hydrogen-bond acceptors (Lipinski definition) is 3. The molecule has 0 heterocycles. The van der Waals surface area contributed by atoms with Crippen molar-refractivity contribution in [2.75, 3.05) is 5.75 Å². The molecular formula is C7H13NaO4S. The number of rotatable bonds is 4. The van der Waals surface area contributed by atoms with E-state index in [0.29, 0.717) is 0 Å². The Kier molecular flexibility index (Phi) is 6.39. The van der Waals surface area contributed by atoms with E-state index in [4.69, 9.17) is 4.55 Å². The summed E-state index contributed by atoms with van der Waals surface area (Å²) in [5, 5.41) is 0. The third-order valence-corrected chi connectivity index (χ3v) is 2.48. The molecule has 0 aromatic carbocycles. The van der Waals surface area contributed by atoms with Gasteiger partial charge in [0.1, 0.15) is 0 Å². The van der Waals surface area contributed by atoms with Gasteiger partial charge in [0.25, 0.3) is 10.1 Å². The van der Waals surface area contributed by atoms with E-state index in [1.807, 2.05) is 0 Å². The van der Waals surface area contributed by atoms with Crippen LogP contribution >= 0.6 is 0 Å². The molecule has 72 valence electrons. The zero-order chi connectivity index (χ0) is 9.99. The molecule has 6 heteroatoms. The summed E-state index contributed by atoms with van der Waals surface area (Å²) in [7, 11) is -4.11. The van der Waals surface area contributed by atoms with Crippen LogP contribution in [0.15, 0.2) is 12.7 Å². The molecule has 0 rings (SSSR count). The third kappa shape index (κ3) is 6.40. The molecule has 0 aliphatic heterocycles. The molecule has 0 aromatic rings. The topological polar surface area (TPSA) is 71.4 Å². The normalized spacial score (nSPS) is 11.6. The molecule has 0 saturated carbocycles. The van der Waals surface area contributed by atoms with E-state index >= 15 is 0 Å². The van der Waals surface area contributed by atoms with E-state index in [9.17, 15) is 13.2 Å². The van der Waals surface area contributed by atoms with E-state index < -0.39 is 27.1 Å². The first-order valence-corrected chi connectivity index (χ1v) is 4.92. The maximum atomic E-state index is 11.0. The van der Waals surface area contributed by atoms with Gasteiger partial charge in [-0.05, 0) is 6.08 Å². The first-order chi connectivity index (χ1) is 5.19. The second-order valence-corrected chi connectivity index (χ2v) is 4.63. The zero-order valence-corrected chi connectivity index (χ0v) is 7.89. The van der Waals surface area contributed by atoms with Crippen LogP contribution in [-0.2, 0) is 14.9 Å². The van der Waals surface area contributed by atoms with Gasteiger partial charge in [0.2, 0.25) is 0 Å². The summed E-state index contributed by atoms with van der Waals surface area (Å²) < 4.78 is 29.4. The fraction of sp³-hybridized carbons (Fsp3) is 0.571. The quantitative estimate of drug-likeness (QED) is 0.408. The monoisotopic (exact) mass is 216 g/mol. The summed E-state index contributed by atoms with van der Waals surface area (Å²) in [5.74, 6) is -0.981. The Hall–Kier alpha value is 0.320. The van der Waals surface area contributed by atoms with Crippen molar-refractivity contribution >= 4 is 45.5 Å². The molecule has 0 aromatic heterocycles. The van der Waals surface area contributed by atoms with Crippen molar-refractivity contribution in [2.45, 2.75) is 13.8 Å². The van der Waals surface area contributed by atoms with Crippen LogP contribution in [0.1, 0.15) is 13.8 Å². The number of carbonyl (C=O) groups excluding carboxylic acids is 1. The molecule has 4 nitrogen and oxygen atoms in total. The number of allylic oxidation sites excluding steroid dienone is 1. The first kappa shape index (κ1) is 15.8. The molecule has 0 atom stereocenters. The Morgan fingerprint density at radius 1 is 1.54 bits per heavy atom. The Bertz CT molecular complexity index is 292. The second kappa shape index (κ2) is 5.26. The Morgan fingerprint density at radius 3 is 2.15 bits per heavy atom. The predicted octanol–water partition coefficient (Wildman–Crippen LogP) is 0.00700. The summed E-state index contributed by atoms with van der Waals surface area (Å²) in [6, 6.07) is 0. The summed E-state index contributed by atoms with van der Waals surface area (Å²) in [6.45, 7) is 6.10. The van der Waals surface area contributed by atoms with Crippen LogP contribution in [0.4, 0.5) is 0 Å².